The zero-order chi connectivity index (χ0) is 23.1. The summed E-state index contributed by atoms with van der Waals surface area (Å²) in [6.07, 6.45) is -0.734. The molecule has 0 aliphatic heterocycles. The number of para-hydroxylation sites is 1. The molecule has 1 rings (SSSR count). The van der Waals surface area contributed by atoms with Gasteiger partial charge in [0.25, 0.3) is 0 Å². The van der Waals surface area contributed by atoms with Crippen LogP contribution in [0, 0.1) is 0 Å². The molecular formula is C18H30N2Na4O10. The first-order valence-corrected chi connectivity index (χ1v) is 8.71. The van der Waals surface area contributed by atoms with Gasteiger partial charge in [0, 0.05) is 13.1 Å². The van der Waals surface area contributed by atoms with Crippen molar-refractivity contribution in [1.82, 2.24) is 9.80 Å². The van der Waals surface area contributed by atoms with Gasteiger partial charge < -0.3 is 36.0 Å². The number of nitrogens with zero attached hydrogens (tertiary/aromatic N) is 2. The van der Waals surface area contributed by atoms with E-state index in [4.69, 9.17) is 30.3 Å². The number of hydrogen-bond acceptors (Lipinski definition) is 8. The van der Waals surface area contributed by atoms with E-state index < -0.39 is 56.3 Å². The Kier molecular flexibility index (Phi) is 35.3. The van der Waals surface area contributed by atoms with Crippen LogP contribution >= 0.6 is 0 Å². The van der Waals surface area contributed by atoms with Gasteiger partial charge in [-0.05, 0) is 19.1 Å². The van der Waals surface area contributed by atoms with Crippen molar-refractivity contribution in [2.45, 2.75) is 13.2 Å². The maximum Gasteiger partial charge on any atom is 1.00 e. The molecule has 1 aromatic carbocycles. The summed E-state index contributed by atoms with van der Waals surface area (Å²) in [4.78, 5) is 44.4. The van der Waals surface area contributed by atoms with Gasteiger partial charge in [-0.25, -0.2) is 0 Å². The Morgan fingerprint density at radius 1 is 0.735 bits per heavy atom. The van der Waals surface area contributed by atoms with Crippen molar-refractivity contribution in [2.75, 3.05) is 39.3 Å². The summed E-state index contributed by atoms with van der Waals surface area (Å²) in [5, 5.41) is 43.2. The number of hydrogen-bond donors (Lipinski definition) is 5. The molecule has 0 aromatic heterocycles. The van der Waals surface area contributed by atoms with Crippen molar-refractivity contribution in [3.05, 3.63) is 30.3 Å². The molecule has 1 unspecified atom stereocenters. The van der Waals surface area contributed by atoms with Crippen LogP contribution in [0.15, 0.2) is 30.3 Å². The van der Waals surface area contributed by atoms with Gasteiger partial charge in [0.1, 0.15) is 5.75 Å². The summed E-state index contributed by atoms with van der Waals surface area (Å²) in [5.41, 5.74) is 0. The van der Waals surface area contributed by atoms with Crippen LogP contribution in [0.3, 0.4) is 0 Å². The second-order valence-electron chi connectivity index (χ2n) is 6.03. The molecule has 12 nitrogen and oxygen atoms in total. The molecule has 0 saturated carbocycles. The van der Waals surface area contributed by atoms with Crippen LogP contribution < -0.4 is 123 Å². The Morgan fingerprint density at radius 3 is 1.26 bits per heavy atom. The molecule has 5 N–H and O–H groups in total. The molecule has 0 aliphatic carbocycles. The predicted molar refractivity (Wildman–Crippen MR) is 107 cm³/mol. The van der Waals surface area contributed by atoms with Crippen LogP contribution in [0.5, 0.6) is 5.75 Å². The first kappa shape index (κ1) is 44.8. The largest absolute Gasteiger partial charge is 1.00 e. The molecule has 0 radical (unpaired) electrons. The van der Waals surface area contributed by atoms with Crippen LogP contribution in [0.4, 0.5) is 0 Å². The zero-order valence-electron chi connectivity index (χ0n) is 24.4. The molecule has 0 bridgehead atoms. The molecule has 0 fully saturated rings. The summed E-state index contributed by atoms with van der Waals surface area (Å²) >= 11 is 0. The van der Waals surface area contributed by atoms with Gasteiger partial charge in [-0.1, -0.05) is 18.2 Å². The topological polar surface area (TPSA) is 185 Å². The normalized spacial score (nSPS) is 10.0. The quantitative estimate of drug-likeness (QED) is 0.121. The number of carboxylic acids is 4. The Hall–Kier alpha value is 0.780. The SMILES string of the molecule is CC(O)Oc1ccccc1.O=C(O)CN(CCN(CC(=O)O)CC(=O)O)CC(=O)O.[H-].[H-].[H-].[H-].[Na+].[Na+].[Na+].[Na+]. The van der Waals surface area contributed by atoms with E-state index in [-0.39, 0.29) is 137 Å². The third-order valence-corrected chi connectivity index (χ3v) is 3.22. The maximum atomic E-state index is 10.6. The fourth-order valence-electron chi connectivity index (χ4n) is 2.17. The van der Waals surface area contributed by atoms with Crippen molar-refractivity contribution >= 4 is 23.9 Å². The van der Waals surface area contributed by atoms with E-state index in [1.807, 2.05) is 18.2 Å². The summed E-state index contributed by atoms with van der Waals surface area (Å²) < 4.78 is 4.97. The maximum absolute atomic E-state index is 10.6. The van der Waals surface area contributed by atoms with Gasteiger partial charge in [0.15, 0.2) is 6.29 Å². The van der Waals surface area contributed by atoms with Crippen molar-refractivity contribution in [3.63, 3.8) is 0 Å². The minimum Gasteiger partial charge on any atom is -1.00 e. The van der Waals surface area contributed by atoms with E-state index in [0.29, 0.717) is 5.75 Å². The summed E-state index contributed by atoms with van der Waals surface area (Å²) in [5.74, 6) is -4.22. The first-order valence-electron chi connectivity index (χ1n) is 8.71. The number of ether oxygens (including phenoxy) is 1. The van der Waals surface area contributed by atoms with Crippen LogP contribution in [0.2, 0.25) is 0 Å². The molecule has 0 aliphatic rings. The molecule has 0 heterocycles. The fraction of sp³-hybridized carbons (Fsp3) is 0.444. The van der Waals surface area contributed by atoms with Gasteiger partial charge in [-0.15, -0.1) is 0 Å². The van der Waals surface area contributed by atoms with Crippen molar-refractivity contribution in [2.24, 2.45) is 0 Å². The van der Waals surface area contributed by atoms with Crippen LogP contribution in [0.1, 0.15) is 12.6 Å². The van der Waals surface area contributed by atoms with E-state index >= 15 is 0 Å². The van der Waals surface area contributed by atoms with Crippen LogP contribution in [0.25, 0.3) is 0 Å². The van der Waals surface area contributed by atoms with Gasteiger partial charge in [0.05, 0.1) is 26.2 Å². The van der Waals surface area contributed by atoms with E-state index in [1.54, 1.807) is 19.1 Å². The van der Waals surface area contributed by atoms with Crippen LogP contribution in [-0.4, -0.2) is 105 Å². The van der Waals surface area contributed by atoms with Crippen molar-refractivity contribution in [3.8, 4) is 5.75 Å². The Labute approximate surface area is 292 Å². The molecule has 1 atom stereocenters. The third-order valence-electron chi connectivity index (χ3n) is 3.22. The van der Waals surface area contributed by atoms with E-state index in [2.05, 4.69) is 0 Å². The Morgan fingerprint density at radius 2 is 1.03 bits per heavy atom. The molecule has 0 amide bonds. The monoisotopic (exact) mass is 526 g/mol. The molecular weight excluding hydrogens is 496 g/mol. The molecule has 0 saturated heterocycles. The van der Waals surface area contributed by atoms with Crippen LogP contribution in [-0.2, 0) is 19.2 Å². The fourth-order valence-corrected chi connectivity index (χ4v) is 2.17. The van der Waals surface area contributed by atoms with E-state index in [0.717, 1.165) is 9.80 Å². The van der Waals surface area contributed by atoms with Gasteiger partial charge in [-0.2, -0.15) is 0 Å². The molecule has 176 valence electrons. The number of aliphatic hydroxyl groups is 1. The third kappa shape index (κ3) is 29.0. The van der Waals surface area contributed by atoms with Gasteiger partial charge >= 0.3 is 142 Å². The van der Waals surface area contributed by atoms with E-state index in [1.165, 1.54) is 0 Å². The second kappa shape index (κ2) is 26.8. The zero-order valence-corrected chi connectivity index (χ0v) is 28.4. The summed E-state index contributed by atoms with van der Waals surface area (Å²) in [6.45, 7) is -0.674. The van der Waals surface area contributed by atoms with Gasteiger partial charge in [-0.3, -0.25) is 29.0 Å². The predicted octanol–water partition coefficient (Wildman–Crippen LogP) is -12.2. The smallest absolute Gasteiger partial charge is 1.00 e. The first-order chi connectivity index (χ1) is 14.0. The molecule has 0 spiro atoms. The standard InChI is InChI=1S/C10H16N2O8.C8H10O2.4Na.4H/c13-7(14)3-11(4-8(15)16)1-2-12(5-9(17)18)6-10(19)20;1-7(9)10-8-5-3-2-4-6-8;;;;;;;;/h1-6H2,(H,13,14)(H,15,16)(H,17,18)(H,19,20);2-7,9H,1H3;;;;;;;;/q;;4*+1;4*-1. The average molecular weight is 526 g/mol. The van der Waals surface area contributed by atoms with Crippen molar-refractivity contribution in [1.29, 1.82) is 0 Å². The number of benzene rings is 1. The summed E-state index contributed by atoms with van der Waals surface area (Å²) in [6, 6.07) is 9.21. The minimum absolute atomic E-state index is 0. The molecule has 16 heteroatoms. The minimum atomic E-state index is -1.23. The summed E-state index contributed by atoms with van der Waals surface area (Å²) in [7, 11) is 0. The number of carboxylic acid groups (broad SMARTS) is 4. The second-order valence-corrected chi connectivity index (χ2v) is 6.03. The Bertz CT molecular complexity index is 649. The van der Waals surface area contributed by atoms with Gasteiger partial charge in [0.2, 0.25) is 0 Å². The Balaban J connectivity index is -0.0000000585. The number of aliphatic hydroxyl groups excluding tert-OH is 1. The van der Waals surface area contributed by atoms with E-state index in [9.17, 15) is 19.2 Å². The number of carbonyl (C=O) groups is 4. The van der Waals surface area contributed by atoms with Crippen molar-refractivity contribution < 1.29 is 173 Å². The molecule has 34 heavy (non-hydrogen) atoms. The number of rotatable bonds is 13. The molecule has 1 aromatic rings. The average Bonchev–Trinajstić information content (AvgIpc) is 2.58. The number of aliphatic carboxylic acids is 4.